The van der Waals surface area contributed by atoms with Crippen LogP contribution in [0.2, 0.25) is 0 Å². The molecule has 3 aromatic rings. The zero-order chi connectivity index (χ0) is 13.6. The van der Waals surface area contributed by atoms with Crippen LogP contribution in [0.15, 0.2) is 29.5 Å². The van der Waals surface area contributed by atoms with Crippen LogP contribution in [0, 0.1) is 0 Å². The topological polar surface area (TPSA) is 70.0 Å². The molecule has 0 N–H and O–H groups in total. The highest BCUT2D eigenvalue weighted by Crippen LogP contribution is 2.16. The van der Waals surface area contributed by atoms with Crippen molar-refractivity contribution in [2.75, 3.05) is 0 Å². The summed E-state index contributed by atoms with van der Waals surface area (Å²) in [6.45, 7) is 3.88. The number of aromatic nitrogens is 6. The summed E-state index contributed by atoms with van der Waals surface area (Å²) in [6, 6.07) is 1.82. The highest BCUT2D eigenvalue weighted by atomic mass is 16.1. The van der Waals surface area contributed by atoms with E-state index in [1.165, 1.54) is 4.52 Å². The molecule has 7 heteroatoms. The summed E-state index contributed by atoms with van der Waals surface area (Å²) in [5.74, 6) is 0.547. The standard InChI is InChI=1S/C12H14N6O/c1-8(2)18-10(9-4-6-16(3)14-9)15-17-7-5-13-11(17)12(18)19/h4-8H,1-3H3. The van der Waals surface area contributed by atoms with Gasteiger partial charge in [0.2, 0.25) is 5.65 Å². The van der Waals surface area contributed by atoms with Crippen molar-refractivity contribution in [2.24, 2.45) is 7.05 Å². The average molecular weight is 258 g/mol. The van der Waals surface area contributed by atoms with Crippen molar-refractivity contribution in [3.05, 3.63) is 35.0 Å². The molecule has 7 nitrogen and oxygen atoms in total. The third-order valence-electron chi connectivity index (χ3n) is 2.92. The maximum absolute atomic E-state index is 12.4. The van der Waals surface area contributed by atoms with Crippen molar-refractivity contribution in [3.63, 3.8) is 0 Å². The van der Waals surface area contributed by atoms with E-state index in [2.05, 4.69) is 15.2 Å². The zero-order valence-electron chi connectivity index (χ0n) is 11.0. The third-order valence-corrected chi connectivity index (χ3v) is 2.92. The van der Waals surface area contributed by atoms with E-state index >= 15 is 0 Å². The van der Waals surface area contributed by atoms with Gasteiger partial charge in [0.05, 0.1) is 0 Å². The summed E-state index contributed by atoms with van der Waals surface area (Å²) in [5, 5.41) is 8.76. The fourth-order valence-corrected chi connectivity index (χ4v) is 2.07. The molecule has 0 saturated heterocycles. The predicted molar refractivity (Wildman–Crippen MR) is 69.8 cm³/mol. The van der Waals surface area contributed by atoms with Gasteiger partial charge in [0.15, 0.2) is 5.82 Å². The molecule has 0 unspecified atom stereocenters. The van der Waals surface area contributed by atoms with E-state index in [1.807, 2.05) is 33.2 Å². The molecule has 0 aliphatic carbocycles. The van der Waals surface area contributed by atoms with Crippen LogP contribution in [0.4, 0.5) is 0 Å². The lowest BCUT2D eigenvalue weighted by molar-refractivity contribution is 0.563. The number of aryl methyl sites for hydroxylation is 1. The van der Waals surface area contributed by atoms with Gasteiger partial charge in [-0.3, -0.25) is 14.0 Å². The van der Waals surface area contributed by atoms with Crippen LogP contribution in [0.5, 0.6) is 0 Å². The van der Waals surface area contributed by atoms with Gasteiger partial charge in [0.1, 0.15) is 5.69 Å². The first kappa shape index (κ1) is 11.6. The van der Waals surface area contributed by atoms with Crippen molar-refractivity contribution in [1.29, 1.82) is 0 Å². The average Bonchev–Trinajstić information content (AvgIpc) is 2.96. The van der Waals surface area contributed by atoms with Gasteiger partial charge in [-0.2, -0.15) is 5.10 Å². The van der Waals surface area contributed by atoms with Crippen molar-refractivity contribution in [3.8, 4) is 11.5 Å². The van der Waals surface area contributed by atoms with Crippen molar-refractivity contribution in [1.82, 2.24) is 28.9 Å². The van der Waals surface area contributed by atoms with E-state index in [0.717, 1.165) is 0 Å². The van der Waals surface area contributed by atoms with Crippen LogP contribution < -0.4 is 5.56 Å². The van der Waals surface area contributed by atoms with Gasteiger partial charge < -0.3 is 0 Å². The normalized spacial score (nSPS) is 11.6. The van der Waals surface area contributed by atoms with E-state index in [9.17, 15) is 4.79 Å². The highest BCUT2D eigenvalue weighted by Gasteiger charge is 2.17. The molecule has 0 saturated carbocycles. The van der Waals surface area contributed by atoms with Gasteiger partial charge in [-0.25, -0.2) is 9.50 Å². The third kappa shape index (κ3) is 1.74. The first-order chi connectivity index (χ1) is 9.08. The van der Waals surface area contributed by atoms with Crippen LogP contribution in [-0.2, 0) is 7.05 Å². The summed E-state index contributed by atoms with van der Waals surface area (Å²) in [6.07, 6.45) is 5.05. The lowest BCUT2D eigenvalue weighted by atomic mass is 10.3. The molecule has 3 aromatic heterocycles. The number of imidazole rings is 1. The Hall–Kier alpha value is -2.44. The lowest BCUT2D eigenvalue weighted by Crippen LogP contribution is -2.27. The molecular formula is C12H14N6O. The first-order valence-corrected chi connectivity index (χ1v) is 6.04. The van der Waals surface area contributed by atoms with E-state index in [4.69, 9.17) is 0 Å². The molecule has 3 rings (SSSR count). The summed E-state index contributed by atoms with van der Waals surface area (Å²) in [5.41, 5.74) is 0.841. The second-order valence-electron chi connectivity index (χ2n) is 4.66. The van der Waals surface area contributed by atoms with Crippen LogP contribution in [0.3, 0.4) is 0 Å². The Balaban J connectivity index is 2.39. The summed E-state index contributed by atoms with van der Waals surface area (Å²) in [7, 11) is 1.83. The molecule has 0 spiro atoms. The van der Waals surface area contributed by atoms with E-state index < -0.39 is 0 Å². The summed E-state index contributed by atoms with van der Waals surface area (Å²) in [4.78, 5) is 16.5. The Morgan fingerprint density at radius 3 is 2.63 bits per heavy atom. The molecule has 0 amide bonds. The van der Waals surface area contributed by atoms with Crippen molar-refractivity contribution >= 4 is 5.65 Å². The number of fused-ring (bicyclic) bond motifs is 1. The minimum absolute atomic E-state index is 0.0151. The van der Waals surface area contributed by atoms with Crippen LogP contribution in [0.25, 0.3) is 17.2 Å². The van der Waals surface area contributed by atoms with E-state index in [-0.39, 0.29) is 11.6 Å². The maximum atomic E-state index is 12.4. The van der Waals surface area contributed by atoms with Gasteiger partial charge in [-0.1, -0.05) is 0 Å². The molecule has 0 aromatic carbocycles. The first-order valence-electron chi connectivity index (χ1n) is 6.04. The quantitative estimate of drug-likeness (QED) is 0.684. The molecule has 0 fully saturated rings. The predicted octanol–water partition coefficient (Wildman–Crippen LogP) is 0.872. The summed E-state index contributed by atoms with van der Waals surface area (Å²) < 4.78 is 4.79. The molecule has 98 valence electrons. The van der Waals surface area contributed by atoms with Gasteiger partial charge in [0.25, 0.3) is 5.56 Å². The zero-order valence-corrected chi connectivity index (χ0v) is 11.0. The second-order valence-corrected chi connectivity index (χ2v) is 4.66. The maximum Gasteiger partial charge on any atom is 0.297 e. The van der Waals surface area contributed by atoms with Crippen LogP contribution in [0.1, 0.15) is 19.9 Å². The van der Waals surface area contributed by atoms with Gasteiger partial charge in [-0.15, -0.1) is 5.10 Å². The summed E-state index contributed by atoms with van der Waals surface area (Å²) >= 11 is 0. The van der Waals surface area contributed by atoms with Crippen molar-refractivity contribution in [2.45, 2.75) is 19.9 Å². The Kier molecular flexibility index (Phi) is 2.48. The van der Waals surface area contributed by atoms with Gasteiger partial charge in [0, 0.05) is 31.7 Å². The minimum Gasteiger partial charge on any atom is -0.284 e. The minimum atomic E-state index is -0.157. The largest absolute Gasteiger partial charge is 0.297 e. The fraction of sp³-hybridized carbons (Fsp3) is 0.333. The number of nitrogens with zero attached hydrogens (tertiary/aromatic N) is 6. The SMILES string of the molecule is CC(C)n1c(-c2ccn(C)n2)nn2ccnc2c1=O. The molecule has 0 bridgehead atoms. The Bertz CT molecular complexity index is 794. The fourth-order valence-electron chi connectivity index (χ4n) is 2.07. The molecule has 0 aliphatic rings. The molecule has 3 heterocycles. The second kappa shape index (κ2) is 4.04. The Morgan fingerprint density at radius 2 is 2.00 bits per heavy atom. The highest BCUT2D eigenvalue weighted by molar-refractivity contribution is 5.50. The number of hydrogen-bond acceptors (Lipinski definition) is 4. The van der Waals surface area contributed by atoms with Gasteiger partial charge in [-0.05, 0) is 19.9 Å². The molecular weight excluding hydrogens is 244 g/mol. The van der Waals surface area contributed by atoms with Crippen LogP contribution >= 0.6 is 0 Å². The molecule has 0 radical (unpaired) electrons. The van der Waals surface area contributed by atoms with E-state index in [0.29, 0.717) is 17.2 Å². The number of rotatable bonds is 2. The number of hydrogen-bond donors (Lipinski definition) is 0. The molecule has 0 atom stereocenters. The smallest absolute Gasteiger partial charge is 0.284 e. The molecule has 19 heavy (non-hydrogen) atoms. The van der Waals surface area contributed by atoms with Crippen molar-refractivity contribution < 1.29 is 0 Å². The molecule has 0 aliphatic heterocycles. The van der Waals surface area contributed by atoms with E-state index in [1.54, 1.807) is 21.6 Å². The Morgan fingerprint density at radius 1 is 1.21 bits per heavy atom. The Labute approximate surface area is 109 Å². The van der Waals surface area contributed by atoms with Crippen LogP contribution in [-0.4, -0.2) is 28.9 Å². The van der Waals surface area contributed by atoms with Gasteiger partial charge >= 0.3 is 0 Å². The lowest BCUT2D eigenvalue weighted by Gasteiger charge is -2.13. The monoisotopic (exact) mass is 258 g/mol.